The van der Waals surface area contributed by atoms with Crippen molar-refractivity contribution in [2.75, 3.05) is 0 Å². The predicted molar refractivity (Wildman–Crippen MR) is 154 cm³/mol. The predicted octanol–water partition coefficient (Wildman–Crippen LogP) is 8.64. The molecule has 0 radical (unpaired) electrons. The molecule has 2 N–H and O–H groups in total. The van der Waals surface area contributed by atoms with Gasteiger partial charge in [0, 0.05) is 23.2 Å². The molecular formula is C31H43N4Y. The van der Waals surface area contributed by atoms with Crippen LogP contribution in [0.15, 0.2) is 48.7 Å². The summed E-state index contributed by atoms with van der Waals surface area (Å²) in [6.45, 7) is 16.6. The van der Waals surface area contributed by atoms with Crippen molar-refractivity contribution in [3.8, 4) is 23.1 Å². The molecule has 190 valence electrons. The molecule has 36 heavy (non-hydrogen) atoms. The van der Waals surface area contributed by atoms with Crippen molar-refractivity contribution in [3.05, 3.63) is 92.7 Å². The SMILES string of the molecule is CC.CC.C[CH-]c1ncc(-c2ccc(C#Cc3ccc4nc(C(C)C(C)C)[nH]c4c3)cc2)[nH]1.[CH3-].[CH3-].[Y+3]. The van der Waals surface area contributed by atoms with E-state index < -0.39 is 0 Å². The molecule has 0 bridgehead atoms. The first-order chi connectivity index (χ1) is 16.0. The Morgan fingerprint density at radius 1 is 0.833 bits per heavy atom. The van der Waals surface area contributed by atoms with E-state index in [1.807, 2.05) is 71.5 Å². The number of benzene rings is 2. The van der Waals surface area contributed by atoms with E-state index in [1.165, 1.54) is 0 Å². The first-order valence-electron chi connectivity index (χ1n) is 12.0. The number of imidazole rings is 2. The molecule has 0 saturated heterocycles. The number of rotatable bonds is 4. The number of aromatic nitrogens is 4. The fourth-order valence-electron chi connectivity index (χ4n) is 3.15. The van der Waals surface area contributed by atoms with Gasteiger partial charge >= 0.3 is 32.7 Å². The van der Waals surface area contributed by atoms with Crippen LogP contribution in [0.5, 0.6) is 0 Å². The molecule has 2 aromatic heterocycles. The average molecular weight is 561 g/mol. The number of aromatic amines is 2. The van der Waals surface area contributed by atoms with Gasteiger partial charge in [-0.1, -0.05) is 72.4 Å². The smallest absolute Gasteiger partial charge is 0.368 e. The molecule has 0 aliphatic heterocycles. The monoisotopic (exact) mass is 560 g/mol. The van der Waals surface area contributed by atoms with Crippen LogP contribution in [0.1, 0.15) is 84.1 Å². The number of H-pyrrole nitrogens is 2. The topological polar surface area (TPSA) is 57.4 Å². The normalized spacial score (nSPS) is 10.0. The van der Waals surface area contributed by atoms with Crippen molar-refractivity contribution in [2.24, 2.45) is 5.92 Å². The van der Waals surface area contributed by atoms with Crippen LogP contribution in [-0.2, 0) is 32.7 Å². The number of nitrogens with zero attached hydrogens (tertiary/aromatic N) is 2. The van der Waals surface area contributed by atoms with Crippen molar-refractivity contribution in [1.82, 2.24) is 19.9 Å². The molecule has 2 heterocycles. The summed E-state index contributed by atoms with van der Waals surface area (Å²) in [7, 11) is 0. The third-order valence-electron chi connectivity index (χ3n) is 5.35. The quantitative estimate of drug-likeness (QED) is 0.194. The third kappa shape index (κ3) is 9.27. The van der Waals surface area contributed by atoms with Crippen molar-refractivity contribution in [1.29, 1.82) is 0 Å². The molecule has 4 nitrogen and oxygen atoms in total. The van der Waals surface area contributed by atoms with Crippen molar-refractivity contribution >= 4 is 11.0 Å². The summed E-state index contributed by atoms with van der Waals surface area (Å²) in [5.74, 6) is 9.38. The largest absolute Gasteiger partial charge is 3.00 e. The fraction of sp³-hybridized carbons (Fsp3) is 0.323. The Hall–Kier alpha value is -2.35. The second-order valence-corrected chi connectivity index (χ2v) is 7.68. The Morgan fingerprint density at radius 3 is 1.97 bits per heavy atom. The molecule has 4 rings (SSSR count). The number of nitrogens with one attached hydrogen (secondary N) is 2. The van der Waals surface area contributed by atoms with Gasteiger partial charge in [-0.2, -0.15) is 6.92 Å². The molecule has 0 saturated carbocycles. The van der Waals surface area contributed by atoms with Crippen LogP contribution in [0.3, 0.4) is 0 Å². The first kappa shape index (κ1) is 35.8. The number of hydrogen-bond donors (Lipinski definition) is 2. The van der Waals surface area contributed by atoms with Crippen LogP contribution in [0, 0.1) is 39.0 Å². The van der Waals surface area contributed by atoms with E-state index in [4.69, 9.17) is 4.98 Å². The zero-order valence-corrected chi connectivity index (χ0v) is 26.7. The molecule has 4 aromatic rings. The summed E-state index contributed by atoms with van der Waals surface area (Å²) in [6.07, 6.45) is 3.80. The Morgan fingerprint density at radius 2 is 1.42 bits per heavy atom. The van der Waals surface area contributed by atoms with Crippen LogP contribution in [0.25, 0.3) is 22.3 Å². The van der Waals surface area contributed by atoms with Gasteiger partial charge in [-0.3, -0.25) is 4.98 Å². The number of fused-ring (bicyclic) bond motifs is 1. The van der Waals surface area contributed by atoms with Crippen LogP contribution in [0.2, 0.25) is 0 Å². The molecule has 0 fully saturated rings. The van der Waals surface area contributed by atoms with Gasteiger partial charge in [0.15, 0.2) is 0 Å². The van der Waals surface area contributed by atoms with E-state index in [2.05, 4.69) is 65.8 Å². The second kappa shape index (κ2) is 18.0. The maximum absolute atomic E-state index is 4.73. The van der Waals surface area contributed by atoms with Gasteiger partial charge in [-0.15, -0.1) is 0 Å². The molecule has 1 atom stereocenters. The Labute approximate surface area is 245 Å². The van der Waals surface area contributed by atoms with Crippen molar-refractivity contribution in [2.45, 2.75) is 61.3 Å². The van der Waals surface area contributed by atoms with E-state index in [1.54, 1.807) is 0 Å². The van der Waals surface area contributed by atoms with Crippen molar-refractivity contribution in [3.63, 3.8) is 0 Å². The summed E-state index contributed by atoms with van der Waals surface area (Å²) >= 11 is 0. The van der Waals surface area contributed by atoms with E-state index >= 15 is 0 Å². The maximum atomic E-state index is 4.73. The van der Waals surface area contributed by atoms with Gasteiger partial charge in [-0.25, -0.2) is 4.98 Å². The van der Waals surface area contributed by atoms with Crippen LogP contribution >= 0.6 is 0 Å². The Bertz CT molecular complexity index is 1190. The van der Waals surface area contributed by atoms with Gasteiger partial charge in [0.1, 0.15) is 5.82 Å². The zero-order chi connectivity index (χ0) is 24.4. The minimum Gasteiger partial charge on any atom is -0.368 e. The van der Waals surface area contributed by atoms with E-state index in [0.717, 1.165) is 45.1 Å². The number of hydrogen-bond acceptors (Lipinski definition) is 2. The Kier molecular flexibility index (Phi) is 17.9. The second-order valence-electron chi connectivity index (χ2n) is 7.68. The maximum Gasteiger partial charge on any atom is 3.00 e. The zero-order valence-electron chi connectivity index (χ0n) is 23.8. The van der Waals surface area contributed by atoms with Gasteiger partial charge in [0.25, 0.3) is 0 Å². The summed E-state index contributed by atoms with van der Waals surface area (Å²) in [5.41, 5.74) is 6.10. The van der Waals surface area contributed by atoms with Crippen LogP contribution in [-0.4, -0.2) is 19.9 Å². The Balaban J connectivity index is 0. The molecule has 0 aliphatic rings. The summed E-state index contributed by atoms with van der Waals surface area (Å²) in [5, 5.41) is 0. The summed E-state index contributed by atoms with van der Waals surface area (Å²) < 4.78 is 0. The minimum absolute atomic E-state index is 0. The van der Waals surface area contributed by atoms with Gasteiger partial charge in [0.2, 0.25) is 0 Å². The molecular weight excluding hydrogens is 517 g/mol. The van der Waals surface area contributed by atoms with E-state index in [-0.39, 0.29) is 47.6 Å². The van der Waals surface area contributed by atoms with Crippen LogP contribution in [0.4, 0.5) is 0 Å². The molecule has 1 unspecified atom stereocenters. The third-order valence-corrected chi connectivity index (χ3v) is 5.35. The van der Waals surface area contributed by atoms with E-state index in [9.17, 15) is 0 Å². The van der Waals surface area contributed by atoms with Crippen LogP contribution < -0.4 is 0 Å². The minimum atomic E-state index is 0. The summed E-state index contributed by atoms with van der Waals surface area (Å²) in [4.78, 5) is 15.8. The standard InChI is InChI=1S/C25H25N4.2C2H6.2CH3.Y/c1-5-24-26-15-23(27-24)20-11-8-18(9-12-20)6-7-19-10-13-21-22(14-19)29-25(28-21)17(4)16(2)3;2*1-2;;;/h5,8-17H,1-4H3,(H,26,27)(H,28,29);2*1-2H3;2*1H3;/q-1;;;2*-1;+3. The molecule has 0 spiro atoms. The fourth-order valence-corrected chi connectivity index (χ4v) is 3.15. The van der Waals surface area contributed by atoms with Gasteiger partial charge < -0.3 is 31.2 Å². The molecule has 0 aliphatic carbocycles. The molecule has 0 amide bonds. The average Bonchev–Trinajstić information content (AvgIpc) is 3.52. The van der Waals surface area contributed by atoms with E-state index in [0.29, 0.717) is 11.8 Å². The summed E-state index contributed by atoms with van der Waals surface area (Å²) in [6, 6.07) is 14.3. The van der Waals surface area contributed by atoms with Crippen molar-refractivity contribution < 1.29 is 32.7 Å². The molecule has 2 aromatic carbocycles. The first-order valence-corrected chi connectivity index (χ1v) is 12.0. The molecule has 5 heteroatoms. The van der Waals surface area contributed by atoms with Gasteiger partial charge in [0.05, 0.1) is 16.7 Å². The van der Waals surface area contributed by atoms with Gasteiger partial charge in [-0.05, 0) is 47.6 Å².